The maximum Gasteiger partial charge on any atom is 0.163 e. The van der Waals surface area contributed by atoms with Crippen LogP contribution in [-0.2, 0) is 19.7 Å². The van der Waals surface area contributed by atoms with Gasteiger partial charge in [0.05, 0.1) is 6.54 Å². The minimum absolute atomic E-state index is 0.0739. The molecule has 1 unspecified atom stereocenters. The molecule has 2 fully saturated rings. The molecule has 0 amide bonds. The summed E-state index contributed by atoms with van der Waals surface area (Å²) in [7, 11) is 0. The van der Waals surface area contributed by atoms with Crippen molar-refractivity contribution >= 4 is 0 Å². The zero-order valence-corrected chi connectivity index (χ0v) is 15.5. The summed E-state index contributed by atoms with van der Waals surface area (Å²) in [6.45, 7) is 4.98. The summed E-state index contributed by atoms with van der Waals surface area (Å²) in [5.41, 5.74) is 0.656. The molecule has 1 spiro atoms. The van der Waals surface area contributed by atoms with Crippen LogP contribution >= 0.6 is 0 Å². The first-order chi connectivity index (χ1) is 13.1. The highest BCUT2D eigenvalue weighted by Gasteiger charge is 2.41. The van der Waals surface area contributed by atoms with Gasteiger partial charge in [-0.1, -0.05) is 12.1 Å². The molecule has 2 saturated heterocycles. The molecule has 146 valence electrons. The van der Waals surface area contributed by atoms with Gasteiger partial charge in [-0.15, -0.1) is 0 Å². The molecule has 6 heteroatoms. The van der Waals surface area contributed by atoms with Crippen LogP contribution in [0.25, 0.3) is 0 Å². The number of benzene rings is 1. The van der Waals surface area contributed by atoms with Gasteiger partial charge in [0.2, 0.25) is 0 Å². The maximum atomic E-state index is 14.0. The molecule has 1 aromatic carbocycles. The Morgan fingerprint density at radius 2 is 1.74 bits per heavy atom. The number of hydrogen-bond acceptors (Lipinski definition) is 4. The van der Waals surface area contributed by atoms with Crippen molar-refractivity contribution in [1.82, 2.24) is 9.80 Å². The molecular formula is C21H26F2N2O2. The van der Waals surface area contributed by atoms with Crippen molar-refractivity contribution in [3.8, 4) is 0 Å². The fraction of sp³-hybridized carbons (Fsp3) is 0.524. The SMILES string of the molecule is OCc1ccc(CN2CCC3(CCCN(Cc4cccc(F)c4F)C3)C2)o1. The Hall–Kier alpha value is -1.76. The molecule has 1 atom stereocenters. The van der Waals surface area contributed by atoms with E-state index in [9.17, 15) is 8.78 Å². The van der Waals surface area contributed by atoms with Gasteiger partial charge in [-0.2, -0.15) is 0 Å². The predicted octanol–water partition coefficient (Wildman–Crippen LogP) is 3.54. The van der Waals surface area contributed by atoms with E-state index < -0.39 is 11.6 Å². The van der Waals surface area contributed by atoms with Crippen molar-refractivity contribution < 1.29 is 18.3 Å². The van der Waals surface area contributed by atoms with E-state index in [4.69, 9.17) is 9.52 Å². The zero-order valence-electron chi connectivity index (χ0n) is 15.5. The molecule has 1 aromatic heterocycles. The van der Waals surface area contributed by atoms with E-state index >= 15 is 0 Å². The number of rotatable bonds is 5. The van der Waals surface area contributed by atoms with E-state index in [-0.39, 0.29) is 12.0 Å². The highest BCUT2D eigenvalue weighted by molar-refractivity contribution is 5.19. The van der Waals surface area contributed by atoms with Gasteiger partial charge in [-0.3, -0.25) is 9.80 Å². The van der Waals surface area contributed by atoms with E-state index in [0.717, 1.165) is 51.3 Å². The van der Waals surface area contributed by atoms with Gasteiger partial charge in [0, 0.05) is 25.2 Å². The number of halogens is 2. The fourth-order valence-corrected chi connectivity index (χ4v) is 4.67. The van der Waals surface area contributed by atoms with E-state index in [1.165, 1.54) is 12.5 Å². The number of aliphatic hydroxyl groups excluding tert-OH is 1. The Morgan fingerprint density at radius 1 is 0.963 bits per heavy atom. The molecular weight excluding hydrogens is 350 g/mol. The topological polar surface area (TPSA) is 39.9 Å². The van der Waals surface area contributed by atoms with Crippen LogP contribution in [0.15, 0.2) is 34.7 Å². The van der Waals surface area contributed by atoms with Gasteiger partial charge in [0.1, 0.15) is 18.1 Å². The van der Waals surface area contributed by atoms with Crippen LogP contribution in [0, 0.1) is 17.0 Å². The van der Waals surface area contributed by atoms with Gasteiger partial charge in [0.25, 0.3) is 0 Å². The Labute approximate surface area is 158 Å². The van der Waals surface area contributed by atoms with Gasteiger partial charge in [-0.05, 0) is 56.0 Å². The lowest BCUT2D eigenvalue weighted by Gasteiger charge is -2.40. The third kappa shape index (κ3) is 4.08. The van der Waals surface area contributed by atoms with Crippen molar-refractivity contribution in [3.05, 3.63) is 59.1 Å². The number of piperidine rings is 1. The summed E-state index contributed by atoms with van der Waals surface area (Å²) < 4.78 is 33.1. The van der Waals surface area contributed by atoms with E-state index in [1.54, 1.807) is 12.1 Å². The number of aliphatic hydroxyl groups is 1. The molecule has 2 aromatic rings. The summed E-state index contributed by atoms with van der Waals surface area (Å²) in [5, 5.41) is 9.13. The molecule has 0 saturated carbocycles. The van der Waals surface area contributed by atoms with E-state index in [1.807, 2.05) is 12.1 Å². The van der Waals surface area contributed by atoms with Crippen molar-refractivity contribution in [2.75, 3.05) is 26.2 Å². The minimum atomic E-state index is -0.771. The molecule has 2 aliphatic rings. The quantitative estimate of drug-likeness (QED) is 0.867. The average molecular weight is 376 g/mol. The zero-order chi connectivity index (χ0) is 18.9. The van der Waals surface area contributed by atoms with E-state index in [0.29, 0.717) is 17.9 Å². The highest BCUT2D eigenvalue weighted by Crippen LogP contribution is 2.40. The van der Waals surface area contributed by atoms with E-state index in [2.05, 4.69) is 9.80 Å². The molecule has 3 heterocycles. The summed E-state index contributed by atoms with van der Waals surface area (Å²) in [6, 6.07) is 8.17. The smallest absolute Gasteiger partial charge is 0.163 e. The first-order valence-electron chi connectivity index (χ1n) is 9.63. The molecule has 1 N–H and O–H groups in total. The fourth-order valence-electron chi connectivity index (χ4n) is 4.67. The van der Waals surface area contributed by atoms with Crippen molar-refractivity contribution in [2.45, 2.75) is 39.0 Å². The van der Waals surface area contributed by atoms with Crippen LogP contribution in [0.5, 0.6) is 0 Å². The highest BCUT2D eigenvalue weighted by atomic mass is 19.2. The normalized spacial score (nSPS) is 24.1. The van der Waals surface area contributed by atoms with Crippen LogP contribution in [0.1, 0.15) is 36.3 Å². The lowest BCUT2D eigenvalue weighted by molar-refractivity contribution is 0.0847. The lowest BCUT2D eigenvalue weighted by Crippen LogP contribution is -2.44. The number of nitrogens with zero attached hydrogens (tertiary/aromatic N) is 2. The van der Waals surface area contributed by atoms with Crippen molar-refractivity contribution in [2.24, 2.45) is 5.41 Å². The van der Waals surface area contributed by atoms with Gasteiger partial charge in [0.15, 0.2) is 11.6 Å². The second kappa shape index (κ2) is 7.70. The first-order valence-corrected chi connectivity index (χ1v) is 9.63. The maximum absolute atomic E-state index is 14.0. The number of likely N-dealkylation sites (tertiary alicyclic amines) is 2. The third-order valence-electron chi connectivity index (χ3n) is 5.94. The third-order valence-corrected chi connectivity index (χ3v) is 5.94. The second-order valence-corrected chi connectivity index (χ2v) is 8.01. The van der Waals surface area contributed by atoms with Crippen LogP contribution in [0.2, 0.25) is 0 Å². The Kier molecular flexibility index (Phi) is 5.30. The summed E-state index contributed by atoms with van der Waals surface area (Å²) in [4.78, 5) is 4.66. The molecule has 2 aliphatic heterocycles. The molecule has 0 bridgehead atoms. The monoisotopic (exact) mass is 376 g/mol. The van der Waals surface area contributed by atoms with Crippen LogP contribution in [0.4, 0.5) is 8.78 Å². The molecule has 4 nitrogen and oxygen atoms in total. The minimum Gasteiger partial charge on any atom is -0.462 e. The predicted molar refractivity (Wildman–Crippen MR) is 97.8 cm³/mol. The second-order valence-electron chi connectivity index (χ2n) is 8.01. The molecule has 27 heavy (non-hydrogen) atoms. The van der Waals surface area contributed by atoms with Gasteiger partial charge in [-0.25, -0.2) is 8.78 Å². The largest absolute Gasteiger partial charge is 0.462 e. The van der Waals surface area contributed by atoms with Crippen molar-refractivity contribution in [1.29, 1.82) is 0 Å². The summed E-state index contributed by atoms with van der Waals surface area (Å²) in [6.07, 6.45) is 3.37. The summed E-state index contributed by atoms with van der Waals surface area (Å²) in [5.74, 6) is -0.0138. The molecule has 0 radical (unpaired) electrons. The Balaban J connectivity index is 1.38. The van der Waals surface area contributed by atoms with Crippen LogP contribution in [-0.4, -0.2) is 41.1 Å². The van der Waals surface area contributed by atoms with Gasteiger partial charge >= 0.3 is 0 Å². The molecule has 4 rings (SSSR count). The van der Waals surface area contributed by atoms with Crippen LogP contribution in [0.3, 0.4) is 0 Å². The molecule has 0 aliphatic carbocycles. The Bertz CT molecular complexity index is 794. The van der Waals surface area contributed by atoms with Gasteiger partial charge < -0.3 is 9.52 Å². The van der Waals surface area contributed by atoms with Crippen molar-refractivity contribution in [3.63, 3.8) is 0 Å². The lowest BCUT2D eigenvalue weighted by atomic mass is 9.79. The summed E-state index contributed by atoms with van der Waals surface area (Å²) >= 11 is 0. The first kappa shape index (κ1) is 18.6. The Morgan fingerprint density at radius 3 is 2.52 bits per heavy atom. The number of furan rings is 1. The number of hydrogen-bond donors (Lipinski definition) is 1. The standard InChI is InChI=1S/C21H26F2N2O2/c22-19-4-1-3-16(20(19)23)11-24-9-2-7-21(14-24)8-10-25(15-21)12-17-5-6-18(13-26)27-17/h1,3-6,26H,2,7-15H2. The average Bonchev–Trinajstić information content (AvgIpc) is 3.27. The van der Waals surface area contributed by atoms with Crippen LogP contribution < -0.4 is 0 Å².